The van der Waals surface area contributed by atoms with E-state index in [-0.39, 0.29) is 21.7 Å². The Morgan fingerprint density at radius 3 is 1.51 bits per heavy atom. The van der Waals surface area contributed by atoms with Crippen LogP contribution < -0.4 is 0 Å². The molecule has 0 spiro atoms. The minimum atomic E-state index is -0.196. The smallest absolute Gasteiger partial charge is 0.165 e. The quantitative estimate of drug-likeness (QED) is 0.248. The van der Waals surface area contributed by atoms with E-state index < -0.39 is 0 Å². The van der Waals surface area contributed by atoms with Gasteiger partial charge in [-0.1, -0.05) is 90.1 Å². The minimum absolute atomic E-state index is 0.0603. The molecule has 4 aliphatic carbocycles. The molecule has 1 saturated heterocycles. The minimum Gasteiger partial charge on any atom is -0.320 e. The van der Waals surface area contributed by atoms with Gasteiger partial charge in [0, 0.05) is 36.0 Å². The number of rotatable bonds is 6. The molecule has 5 aliphatic rings. The molecule has 2 aromatic rings. The number of likely N-dealkylation sites (N-methyl/N-ethyl adjacent to an activating group) is 1. The number of ketones is 2. The van der Waals surface area contributed by atoms with Crippen molar-refractivity contribution in [1.29, 1.82) is 0 Å². The molecule has 238 valence electrons. The van der Waals surface area contributed by atoms with Crippen LogP contribution in [0.25, 0.3) is 12.2 Å². The Morgan fingerprint density at radius 1 is 0.689 bits per heavy atom. The Hall–Kier alpha value is -2.82. The van der Waals surface area contributed by atoms with Crippen LogP contribution in [0.2, 0.25) is 0 Å². The molecule has 0 radical (unpaired) electrons. The second kappa shape index (κ2) is 10.3. The molecule has 0 N–H and O–H groups in total. The Labute approximate surface area is 271 Å². The monoisotopic (exact) mass is 605 g/mol. The molecule has 0 amide bonds. The summed E-state index contributed by atoms with van der Waals surface area (Å²) in [6.07, 6.45) is 8.68. The van der Waals surface area contributed by atoms with Crippen molar-refractivity contribution in [2.45, 2.75) is 80.3 Å². The zero-order chi connectivity index (χ0) is 32.0. The van der Waals surface area contributed by atoms with Crippen molar-refractivity contribution in [3.8, 4) is 0 Å². The van der Waals surface area contributed by atoms with E-state index in [4.69, 9.17) is 0 Å². The van der Waals surface area contributed by atoms with E-state index in [0.717, 1.165) is 91.7 Å². The fourth-order valence-corrected chi connectivity index (χ4v) is 9.99. The third-order valence-electron chi connectivity index (χ3n) is 14.2. The lowest BCUT2D eigenvalue weighted by atomic mass is 9.70. The van der Waals surface area contributed by atoms with Gasteiger partial charge in [0.25, 0.3) is 0 Å². The van der Waals surface area contributed by atoms with Gasteiger partial charge in [-0.15, -0.1) is 0 Å². The number of hydrogen-bond donors (Lipinski definition) is 0. The highest BCUT2D eigenvalue weighted by Gasteiger charge is 2.64. The predicted molar refractivity (Wildman–Crippen MR) is 183 cm³/mol. The van der Waals surface area contributed by atoms with Crippen LogP contribution in [0.15, 0.2) is 59.7 Å². The van der Waals surface area contributed by atoms with Crippen LogP contribution in [0.3, 0.4) is 0 Å². The third kappa shape index (κ3) is 4.68. The lowest BCUT2D eigenvalue weighted by Crippen LogP contribution is -2.56. The number of piperazine rings is 1. The summed E-state index contributed by atoms with van der Waals surface area (Å²) in [5.74, 6) is 1.53. The maximum absolute atomic E-state index is 13.3. The van der Waals surface area contributed by atoms with Gasteiger partial charge in [-0.2, -0.15) is 0 Å². The fraction of sp³-hybridized carbons (Fsp3) is 0.561. The van der Waals surface area contributed by atoms with Crippen LogP contribution in [0, 0.1) is 33.5 Å². The first kappa shape index (κ1) is 30.8. The maximum Gasteiger partial charge on any atom is 0.165 e. The van der Waals surface area contributed by atoms with Crippen molar-refractivity contribution in [3.63, 3.8) is 0 Å². The molecule has 1 heterocycles. The molecule has 4 unspecified atom stereocenters. The molecule has 7 rings (SSSR count). The molecule has 0 aromatic heterocycles. The standard InChI is InChI=1S/C41H53N2O2/c1-38(2)34-16-18-40(38,5)36(44)32(34)24-28-8-12-30(13-9-28)26-42-20-22-43(7,23-21-42)27-31-14-10-29(11-15-31)25-33-35-17-19-41(6,37(33)45)39(35,3)4/h8-15,24-25,34-35H,16-23,26-27H2,1-7H3/q+1. The Morgan fingerprint density at radius 2 is 1.11 bits per heavy atom. The average molecular weight is 606 g/mol. The molecule has 4 atom stereocenters. The van der Waals surface area contributed by atoms with Crippen molar-refractivity contribution >= 4 is 23.7 Å². The molecular weight excluding hydrogens is 552 g/mol. The first-order valence-electron chi connectivity index (χ1n) is 17.4. The third-order valence-corrected chi connectivity index (χ3v) is 14.2. The summed E-state index contributed by atoms with van der Waals surface area (Å²) in [4.78, 5) is 29.1. The number of benzene rings is 2. The van der Waals surface area contributed by atoms with Crippen LogP contribution >= 0.6 is 0 Å². The van der Waals surface area contributed by atoms with Gasteiger partial charge in [0.1, 0.15) is 6.54 Å². The molecule has 4 bridgehead atoms. The van der Waals surface area contributed by atoms with Gasteiger partial charge in [0.15, 0.2) is 11.6 Å². The van der Waals surface area contributed by atoms with Crippen LogP contribution in [-0.2, 0) is 22.7 Å². The number of hydrogen-bond acceptors (Lipinski definition) is 3. The summed E-state index contributed by atoms with van der Waals surface area (Å²) in [6, 6.07) is 17.9. The molecule has 4 saturated carbocycles. The van der Waals surface area contributed by atoms with E-state index in [1.807, 2.05) is 0 Å². The van der Waals surface area contributed by atoms with E-state index in [1.165, 1.54) is 11.1 Å². The number of fused-ring (bicyclic) bond motifs is 4. The molecule has 1 aliphatic heterocycles. The lowest BCUT2D eigenvalue weighted by molar-refractivity contribution is -0.926. The highest BCUT2D eigenvalue weighted by Crippen LogP contribution is 2.66. The fourth-order valence-electron chi connectivity index (χ4n) is 9.99. The highest BCUT2D eigenvalue weighted by atomic mass is 16.1. The highest BCUT2D eigenvalue weighted by molar-refractivity contribution is 6.08. The second-order valence-electron chi connectivity index (χ2n) is 17.1. The SMILES string of the molecule is CC12CCC(C(=Cc3ccc(CN4CC[N+](C)(Cc5ccc(C=C6C(=O)C7(C)CCC6C7(C)C)cc5)CC4)cc3)C1=O)C2(C)C. The van der Waals surface area contributed by atoms with E-state index >= 15 is 0 Å². The summed E-state index contributed by atoms with van der Waals surface area (Å²) in [7, 11) is 2.39. The van der Waals surface area contributed by atoms with Gasteiger partial charge in [-0.05, 0) is 88.3 Å². The Balaban J connectivity index is 0.934. The summed E-state index contributed by atoms with van der Waals surface area (Å²) in [6.45, 7) is 20.0. The van der Waals surface area contributed by atoms with E-state index in [0.29, 0.717) is 23.4 Å². The van der Waals surface area contributed by atoms with Crippen LogP contribution in [0.1, 0.15) is 89.5 Å². The maximum atomic E-state index is 13.3. The molecule has 4 nitrogen and oxygen atoms in total. The predicted octanol–water partition coefficient (Wildman–Crippen LogP) is 7.97. The Bertz CT molecular complexity index is 1580. The number of nitrogens with zero attached hydrogens (tertiary/aromatic N) is 2. The van der Waals surface area contributed by atoms with Gasteiger partial charge in [0.05, 0.1) is 20.1 Å². The molecule has 5 fully saturated rings. The van der Waals surface area contributed by atoms with Crippen molar-refractivity contribution in [3.05, 3.63) is 81.9 Å². The largest absolute Gasteiger partial charge is 0.320 e. The van der Waals surface area contributed by atoms with E-state index in [1.54, 1.807) is 0 Å². The zero-order valence-electron chi connectivity index (χ0n) is 28.7. The van der Waals surface area contributed by atoms with Crippen LogP contribution in [0.4, 0.5) is 0 Å². The Kier molecular flexibility index (Phi) is 7.08. The van der Waals surface area contributed by atoms with Gasteiger partial charge in [0.2, 0.25) is 0 Å². The molecule has 45 heavy (non-hydrogen) atoms. The lowest BCUT2D eigenvalue weighted by Gasteiger charge is -2.42. The number of allylic oxidation sites excluding steroid dienone is 2. The number of quaternary nitrogens is 1. The van der Waals surface area contributed by atoms with Gasteiger partial charge in [-0.3, -0.25) is 14.5 Å². The average Bonchev–Trinajstić information content (AvgIpc) is 3.49. The first-order chi connectivity index (χ1) is 21.2. The second-order valence-corrected chi connectivity index (χ2v) is 17.1. The molecular formula is C41H53N2O2+. The summed E-state index contributed by atoms with van der Waals surface area (Å²) >= 11 is 0. The molecule has 2 aromatic carbocycles. The van der Waals surface area contributed by atoms with Gasteiger partial charge in [-0.25, -0.2) is 0 Å². The number of carbonyl (C=O) groups is 2. The van der Waals surface area contributed by atoms with Crippen molar-refractivity contribution in [2.75, 3.05) is 33.2 Å². The summed E-state index contributed by atoms with van der Waals surface area (Å²) in [5, 5.41) is 0. The van der Waals surface area contributed by atoms with Crippen molar-refractivity contribution in [1.82, 2.24) is 4.90 Å². The van der Waals surface area contributed by atoms with Crippen molar-refractivity contribution < 1.29 is 14.1 Å². The zero-order valence-corrected chi connectivity index (χ0v) is 28.7. The number of carbonyl (C=O) groups excluding carboxylic acids is 2. The summed E-state index contributed by atoms with van der Waals surface area (Å²) < 4.78 is 1.06. The van der Waals surface area contributed by atoms with E-state index in [9.17, 15) is 9.59 Å². The number of Topliss-reactive ketones (excluding diaryl/α,β-unsaturated/α-hetero) is 2. The van der Waals surface area contributed by atoms with Crippen LogP contribution in [-0.4, -0.2) is 54.2 Å². The van der Waals surface area contributed by atoms with Gasteiger partial charge < -0.3 is 4.48 Å². The van der Waals surface area contributed by atoms with E-state index in [2.05, 4.69) is 114 Å². The summed E-state index contributed by atoms with van der Waals surface area (Å²) in [5.41, 5.74) is 6.86. The van der Waals surface area contributed by atoms with Gasteiger partial charge >= 0.3 is 0 Å². The first-order valence-corrected chi connectivity index (χ1v) is 17.4. The topological polar surface area (TPSA) is 37.4 Å². The normalized spacial score (nSPS) is 34.8. The van der Waals surface area contributed by atoms with Crippen LogP contribution in [0.5, 0.6) is 0 Å². The van der Waals surface area contributed by atoms with Crippen molar-refractivity contribution in [2.24, 2.45) is 33.5 Å². The molecule has 4 heteroatoms.